The number of hydrogen-bond acceptors (Lipinski definition) is 4. The number of hydrogen-bond donors (Lipinski definition) is 1. The lowest BCUT2D eigenvalue weighted by Gasteiger charge is -2.03. The van der Waals surface area contributed by atoms with E-state index in [1.807, 2.05) is 54.6 Å². The highest BCUT2D eigenvalue weighted by Gasteiger charge is 2.18. The molecule has 4 heteroatoms. The van der Waals surface area contributed by atoms with Crippen molar-refractivity contribution in [1.82, 2.24) is 4.98 Å². The van der Waals surface area contributed by atoms with Crippen LogP contribution < -0.4 is 0 Å². The highest BCUT2D eigenvalue weighted by molar-refractivity contribution is 6.11. The second kappa shape index (κ2) is 5.97. The summed E-state index contributed by atoms with van der Waals surface area (Å²) in [5.41, 5.74) is 5.54. The number of aromatic hydroxyl groups is 1. The van der Waals surface area contributed by atoms with Gasteiger partial charge in [0.2, 0.25) is 5.89 Å². The molecule has 0 saturated heterocycles. The number of phenols is 1. The van der Waals surface area contributed by atoms with Crippen molar-refractivity contribution < 1.29 is 13.9 Å². The van der Waals surface area contributed by atoms with E-state index in [1.54, 1.807) is 18.2 Å². The van der Waals surface area contributed by atoms with Gasteiger partial charge < -0.3 is 13.9 Å². The van der Waals surface area contributed by atoms with Crippen LogP contribution in [0, 0.1) is 0 Å². The predicted molar refractivity (Wildman–Crippen MR) is 114 cm³/mol. The molecule has 0 bridgehead atoms. The van der Waals surface area contributed by atoms with E-state index in [-0.39, 0.29) is 5.75 Å². The Morgan fingerprint density at radius 1 is 0.586 bits per heavy atom. The molecule has 6 rings (SSSR count). The second-order valence-electron chi connectivity index (χ2n) is 6.97. The maximum Gasteiger partial charge on any atom is 0.231 e. The molecule has 4 aromatic carbocycles. The minimum atomic E-state index is 0.139. The number of benzene rings is 4. The minimum absolute atomic E-state index is 0.139. The molecule has 1 N–H and O–H groups in total. The normalized spacial score (nSPS) is 11.6. The highest BCUT2D eigenvalue weighted by atomic mass is 16.4. The summed E-state index contributed by atoms with van der Waals surface area (Å²) in [4.78, 5) is 4.71. The maximum atomic E-state index is 10.2. The Kier molecular flexibility index (Phi) is 3.29. The van der Waals surface area contributed by atoms with Crippen LogP contribution >= 0.6 is 0 Å². The summed E-state index contributed by atoms with van der Waals surface area (Å²) < 4.78 is 12.2. The Balaban J connectivity index is 1.63. The molecule has 29 heavy (non-hydrogen) atoms. The van der Waals surface area contributed by atoms with Gasteiger partial charge in [-0.2, -0.15) is 0 Å². The number of aromatic nitrogens is 1. The standard InChI is InChI=1S/C25H15NO3/c27-20-12-3-1-8-19(20)25-26-23-16(9-6-14-22(23)29-25)18-11-5-10-17-15-7-2-4-13-21(15)28-24(17)18/h1-14,27H. The van der Waals surface area contributed by atoms with E-state index in [2.05, 4.69) is 12.1 Å². The van der Waals surface area contributed by atoms with Crippen molar-refractivity contribution in [1.29, 1.82) is 0 Å². The second-order valence-corrected chi connectivity index (χ2v) is 6.97. The summed E-state index contributed by atoms with van der Waals surface area (Å²) in [5.74, 6) is 0.530. The topological polar surface area (TPSA) is 59.4 Å². The zero-order valence-corrected chi connectivity index (χ0v) is 15.3. The first kappa shape index (κ1) is 16.0. The lowest BCUT2D eigenvalue weighted by molar-refractivity contribution is 0.474. The van der Waals surface area contributed by atoms with E-state index in [1.165, 1.54) is 0 Å². The largest absolute Gasteiger partial charge is 0.507 e. The Labute approximate surface area is 165 Å². The fourth-order valence-electron chi connectivity index (χ4n) is 3.89. The lowest BCUT2D eigenvalue weighted by atomic mass is 10.0. The summed E-state index contributed by atoms with van der Waals surface area (Å²) >= 11 is 0. The van der Waals surface area contributed by atoms with E-state index in [4.69, 9.17) is 13.8 Å². The van der Waals surface area contributed by atoms with Gasteiger partial charge in [0.25, 0.3) is 0 Å². The molecule has 0 spiro atoms. The van der Waals surface area contributed by atoms with Crippen molar-refractivity contribution >= 4 is 33.0 Å². The number of furan rings is 1. The Hall–Kier alpha value is -4.05. The first-order valence-electron chi connectivity index (χ1n) is 9.38. The molecule has 4 nitrogen and oxygen atoms in total. The van der Waals surface area contributed by atoms with Gasteiger partial charge in [0, 0.05) is 21.9 Å². The van der Waals surface area contributed by atoms with E-state index in [0.717, 1.165) is 38.6 Å². The van der Waals surface area contributed by atoms with E-state index in [9.17, 15) is 5.11 Å². The summed E-state index contributed by atoms with van der Waals surface area (Å²) in [6.07, 6.45) is 0. The molecular formula is C25H15NO3. The SMILES string of the molecule is Oc1ccccc1-c1nc2c(-c3cccc4c3oc3ccccc34)cccc2o1. The van der Waals surface area contributed by atoms with Gasteiger partial charge in [-0.3, -0.25) is 0 Å². The molecule has 6 aromatic rings. The average Bonchev–Trinajstić information content (AvgIpc) is 3.35. The van der Waals surface area contributed by atoms with Gasteiger partial charge in [-0.05, 0) is 24.3 Å². The number of phenolic OH excluding ortho intramolecular Hbond substituents is 1. The van der Waals surface area contributed by atoms with Crippen molar-refractivity contribution in [2.24, 2.45) is 0 Å². The quantitative estimate of drug-likeness (QED) is 0.362. The fourth-order valence-corrected chi connectivity index (χ4v) is 3.89. The molecule has 0 amide bonds. The van der Waals surface area contributed by atoms with Crippen LogP contribution in [0.1, 0.15) is 0 Å². The molecule has 0 aliphatic heterocycles. The fraction of sp³-hybridized carbons (Fsp3) is 0. The third kappa shape index (κ3) is 2.36. The average molecular weight is 377 g/mol. The molecule has 0 aliphatic carbocycles. The van der Waals surface area contributed by atoms with Crippen molar-refractivity contribution in [3.05, 3.63) is 84.9 Å². The van der Waals surface area contributed by atoms with Crippen LogP contribution in [0.3, 0.4) is 0 Å². The monoisotopic (exact) mass is 377 g/mol. The van der Waals surface area contributed by atoms with Gasteiger partial charge in [0.15, 0.2) is 5.58 Å². The van der Waals surface area contributed by atoms with Gasteiger partial charge in [0.1, 0.15) is 22.4 Å². The minimum Gasteiger partial charge on any atom is -0.507 e. The van der Waals surface area contributed by atoms with Crippen LogP contribution in [0.2, 0.25) is 0 Å². The molecule has 0 aliphatic rings. The van der Waals surface area contributed by atoms with Gasteiger partial charge >= 0.3 is 0 Å². The molecule has 0 unspecified atom stereocenters. The van der Waals surface area contributed by atoms with E-state index in [0.29, 0.717) is 17.0 Å². The number of nitrogens with zero attached hydrogens (tertiary/aromatic N) is 1. The third-order valence-corrected chi connectivity index (χ3v) is 5.25. The van der Waals surface area contributed by atoms with Crippen LogP contribution in [0.4, 0.5) is 0 Å². The first-order chi connectivity index (χ1) is 14.3. The zero-order valence-electron chi connectivity index (χ0n) is 15.3. The lowest BCUT2D eigenvalue weighted by Crippen LogP contribution is -1.82. The van der Waals surface area contributed by atoms with E-state index < -0.39 is 0 Å². The van der Waals surface area contributed by atoms with Gasteiger partial charge in [-0.25, -0.2) is 4.98 Å². The molecule has 0 saturated carbocycles. The molecule has 138 valence electrons. The molecule has 0 radical (unpaired) electrons. The maximum absolute atomic E-state index is 10.2. The Bertz CT molecular complexity index is 1520. The molecule has 2 heterocycles. The summed E-state index contributed by atoms with van der Waals surface area (Å²) in [6.45, 7) is 0. The molecule has 0 atom stereocenters. The number of para-hydroxylation sites is 4. The third-order valence-electron chi connectivity index (χ3n) is 5.25. The van der Waals surface area contributed by atoms with Crippen molar-refractivity contribution in [2.75, 3.05) is 0 Å². The Morgan fingerprint density at radius 3 is 2.21 bits per heavy atom. The van der Waals surface area contributed by atoms with Crippen LogP contribution in [0.15, 0.2) is 93.8 Å². The summed E-state index contributed by atoms with van der Waals surface area (Å²) in [5, 5.41) is 12.3. The number of oxazole rings is 1. The predicted octanol–water partition coefficient (Wildman–Crippen LogP) is 6.77. The van der Waals surface area contributed by atoms with Crippen molar-refractivity contribution in [3.8, 4) is 28.3 Å². The smallest absolute Gasteiger partial charge is 0.231 e. The Morgan fingerprint density at radius 2 is 1.28 bits per heavy atom. The molecule has 0 fully saturated rings. The number of fused-ring (bicyclic) bond motifs is 4. The molecule has 2 aromatic heterocycles. The van der Waals surface area contributed by atoms with Crippen LogP contribution in [-0.2, 0) is 0 Å². The summed E-state index contributed by atoms with van der Waals surface area (Å²) in [7, 11) is 0. The van der Waals surface area contributed by atoms with Gasteiger partial charge in [-0.1, -0.05) is 60.7 Å². The molecular weight excluding hydrogens is 362 g/mol. The van der Waals surface area contributed by atoms with Crippen LogP contribution in [-0.4, -0.2) is 10.1 Å². The van der Waals surface area contributed by atoms with Crippen molar-refractivity contribution in [2.45, 2.75) is 0 Å². The first-order valence-corrected chi connectivity index (χ1v) is 9.38. The number of rotatable bonds is 2. The van der Waals surface area contributed by atoms with Gasteiger partial charge in [-0.15, -0.1) is 0 Å². The van der Waals surface area contributed by atoms with Crippen LogP contribution in [0.25, 0.3) is 55.6 Å². The van der Waals surface area contributed by atoms with Gasteiger partial charge in [0.05, 0.1) is 5.56 Å². The zero-order chi connectivity index (χ0) is 19.4. The van der Waals surface area contributed by atoms with E-state index >= 15 is 0 Å². The highest BCUT2D eigenvalue weighted by Crippen LogP contribution is 2.39. The van der Waals surface area contributed by atoms with Crippen LogP contribution in [0.5, 0.6) is 5.75 Å². The summed E-state index contributed by atoms with van der Waals surface area (Å²) in [6, 6.07) is 27.0. The van der Waals surface area contributed by atoms with Crippen molar-refractivity contribution in [3.63, 3.8) is 0 Å².